The number of hydrogen-bond donors (Lipinski definition) is 4. The predicted octanol–water partition coefficient (Wildman–Crippen LogP) is -0.766. The normalized spacial score (nSPS) is 11.1. The van der Waals surface area contributed by atoms with Gasteiger partial charge in [-0.2, -0.15) is 0 Å². The van der Waals surface area contributed by atoms with Crippen molar-refractivity contribution in [1.82, 2.24) is 10.6 Å². The third-order valence-corrected chi connectivity index (χ3v) is 2.34. The molecule has 0 aliphatic heterocycles. The molecule has 0 aliphatic rings. The van der Waals surface area contributed by atoms with Crippen LogP contribution in [0.1, 0.15) is 26.7 Å². The van der Waals surface area contributed by atoms with Crippen molar-refractivity contribution in [3.8, 4) is 0 Å². The third-order valence-electron chi connectivity index (χ3n) is 2.34. The summed E-state index contributed by atoms with van der Waals surface area (Å²) < 4.78 is 0. The Labute approximate surface area is 90.9 Å². The van der Waals surface area contributed by atoms with Gasteiger partial charge < -0.3 is 20.8 Å². The van der Waals surface area contributed by atoms with Gasteiger partial charge in [-0.3, -0.25) is 4.79 Å². The van der Waals surface area contributed by atoms with Crippen LogP contribution in [0.15, 0.2) is 0 Å². The van der Waals surface area contributed by atoms with Crippen molar-refractivity contribution < 1.29 is 15.0 Å². The van der Waals surface area contributed by atoms with Crippen molar-refractivity contribution in [3.05, 3.63) is 0 Å². The fraction of sp³-hybridized carbons (Fsp3) is 0.900. The molecule has 0 spiro atoms. The highest BCUT2D eigenvalue weighted by Crippen LogP contribution is 1.95. The molecule has 0 aromatic heterocycles. The summed E-state index contributed by atoms with van der Waals surface area (Å²) in [4.78, 5) is 11.4. The second kappa shape index (κ2) is 8.64. The largest absolute Gasteiger partial charge is 0.395 e. The molecule has 0 aromatic rings. The Hall–Kier alpha value is -0.650. The lowest BCUT2D eigenvalue weighted by atomic mass is 10.2. The van der Waals surface area contributed by atoms with E-state index in [1.165, 1.54) is 0 Å². The van der Waals surface area contributed by atoms with Crippen molar-refractivity contribution in [2.75, 3.05) is 19.8 Å². The SMILES string of the molecule is CCC(CC)NC(=O)CNC(CO)CO. The first-order chi connectivity index (χ1) is 7.17. The second-order valence-electron chi connectivity index (χ2n) is 3.52. The molecule has 0 heterocycles. The topological polar surface area (TPSA) is 81.6 Å². The number of amides is 1. The average molecular weight is 218 g/mol. The average Bonchev–Trinajstić information content (AvgIpc) is 2.27. The van der Waals surface area contributed by atoms with Crippen LogP contribution in [0.4, 0.5) is 0 Å². The van der Waals surface area contributed by atoms with Gasteiger partial charge in [-0.05, 0) is 12.8 Å². The Bertz CT molecular complexity index is 168. The van der Waals surface area contributed by atoms with Crippen molar-refractivity contribution in [2.45, 2.75) is 38.8 Å². The predicted molar refractivity (Wildman–Crippen MR) is 58.5 cm³/mol. The smallest absolute Gasteiger partial charge is 0.234 e. The Morgan fingerprint density at radius 2 is 1.67 bits per heavy atom. The summed E-state index contributed by atoms with van der Waals surface area (Å²) in [6.07, 6.45) is 1.82. The maximum Gasteiger partial charge on any atom is 0.234 e. The van der Waals surface area contributed by atoms with Crippen LogP contribution in [0.3, 0.4) is 0 Å². The van der Waals surface area contributed by atoms with Gasteiger partial charge in [0.15, 0.2) is 0 Å². The summed E-state index contributed by atoms with van der Waals surface area (Å²) in [5.41, 5.74) is 0. The van der Waals surface area contributed by atoms with E-state index in [-0.39, 0.29) is 31.7 Å². The number of aliphatic hydroxyl groups excluding tert-OH is 2. The van der Waals surface area contributed by atoms with Gasteiger partial charge in [0.25, 0.3) is 0 Å². The zero-order valence-electron chi connectivity index (χ0n) is 9.49. The molecule has 0 radical (unpaired) electrons. The minimum Gasteiger partial charge on any atom is -0.395 e. The molecule has 0 unspecified atom stereocenters. The van der Waals surface area contributed by atoms with E-state index in [2.05, 4.69) is 10.6 Å². The highest BCUT2D eigenvalue weighted by molar-refractivity contribution is 5.78. The molecule has 4 N–H and O–H groups in total. The van der Waals surface area contributed by atoms with Gasteiger partial charge in [0.2, 0.25) is 5.91 Å². The van der Waals surface area contributed by atoms with Gasteiger partial charge in [0.1, 0.15) is 0 Å². The number of carbonyl (C=O) groups is 1. The van der Waals surface area contributed by atoms with E-state index in [0.717, 1.165) is 12.8 Å². The highest BCUT2D eigenvalue weighted by atomic mass is 16.3. The van der Waals surface area contributed by atoms with Crippen molar-refractivity contribution in [3.63, 3.8) is 0 Å². The highest BCUT2D eigenvalue weighted by Gasteiger charge is 2.10. The maximum absolute atomic E-state index is 11.4. The van der Waals surface area contributed by atoms with E-state index in [4.69, 9.17) is 10.2 Å². The van der Waals surface area contributed by atoms with Crippen LogP contribution in [-0.2, 0) is 4.79 Å². The Morgan fingerprint density at radius 1 is 1.13 bits per heavy atom. The number of nitrogens with one attached hydrogen (secondary N) is 2. The molecule has 0 atom stereocenters. The molecule has 5 nitrogen and oxygen atoms in total. The van der Waals surface area contributed by atoms with Crippen LogP contribution in [0, 0.1) is 0 Å². The standard InChI is InChI=1S/C10H22N2O3/c1-3-8(4-2)12-10(15)5-11-9(6-13)7-14/h8-9,11,13-14H,3-7H2,1-2H3,(H,12,15). The molecule has 0 bridgehead atoms. The van der Waals surface area contributed by atoms with Crippen molar-refractivity contribution >= 4 is 5.91 Å². The van der Waals surface area contributed by atoms with Crippen molar-refractivity contribution in [1.29, 1.82) is 0 Å². The molecule has 0 saturated heterocycles. The van der Waals surface area contributed by atoms with E-state index in [1.54, 1.807) is 0 Å². The van der Waals surface area contributed by atoms with E-state index in [0.29, 0.717) is 0 Å². The minimum atomic E-state index is -0.419. The van der Waals surface area contributed by atoms with E-state index >= 15 is 0 Å². The first-order valence-corrected chi connectivity index (χ1v) is 5.42. The van der Waals surface area contributed by atoms with Crippen LogP contribution < -0.4 is 10.6 Å². The molecule has 1 amide bonds. The monoisotopic (exact) mass is 218 g/mol. The Morgan fingerprint density at radius 3 is 2.07 bits per heavy atom. The number of rotatable bonds is 8. The lowest BCUT2D eigenvalue weighted by molar-refractivity contribution is -0.121. The third kappa shape index (κ3) is 6.43. The summed E-state index contributed by atoms with van der Waals surface area (Å²) in [5, 5.41) is 23.1. The number of carbonyl (C=O) groups excluding carboxylic acids is 1. The van der Waals surface area contributed by atoms with Crippen molar-refractivity contribution in [2.24, 2.45) is 0 Å². The molecular weight excluding hydrogens is 196 g/mol. The maximum atomic E-state index is 11.4. The van der Waals surface area contributed by atoms with Gasteiger partial charge in [-0.1, -0.05) is 13.8 Å². The van der Waals surface area contributed by atoms with Crippen LogP contribution in [0.5, 0.6) is 0 Å². The van der Waals surface area contributed by atoms with E-state index in [9.17, 15) is 4.79 Å². The van der Waals surface area contributed by atoms with Crippen LogP contribution in [0.25, 0.3) is 0 Å². The fourth-order valence-corrected chi connectivity index (χ4v) is 1.20. The summed E-state index contributed by atoms with van der Waals surface area (Å²) in [6.45, 7) is 3.82. The molecule has 90 valence electrons. The fourth-order valence-electron chi connectivity index (χ4n) is 1.20. The minimum absolute atomic E-state index is 0.101. The lowest BCUT2D eigenvalue weighted by Gasteiger charge is -2.17. The molecule has 0 saturated carbocycles. The first kappa shape index (κ1) is 14.3. The molecule has 0 aliphatic carbocycles. The molecule has 0 rings (SSSR count). The molecule has 5 heteroatoms. The Kier molecular flexibility index (Phi) is 8.27. The van der Waals surface area contributed by atoms with Crippen LogP contribution in [-0.4, -0.2) is 48.0 Å². The molecule has 0 aromatic carbocycles. The number of hydrogen-bond acceptors (Lipinski definition) is 4. The van der Waals surface area contributed by atoms with Gasteiger partial charge >= 0.3 is 0 Å². The zero-order chi connectivity index (χ0) is 11.7. The summed E-state index contributed by atoms with van der Waals surface area (Å²) in [6, 6.07) is -0.210. The number of aliphatic hydroxyl groups is 2. The summed E-state index contributed by atoms with van der Waals surface area (Å²) >= 11 is 0. The van der Waals surface area contributed by atoms with Crippen LogP contribution >= 0.6 is 0 Å². The summed E-state index contributed by atoms with van der Waals surface area (Å²) in [7, 11) is 0. The van der Waals surface area contributed by atoms with Gasteiger partial charge in [0, 0.05) is 6.04 Å². The Balaban J connectivity index is 3.73. The second-order valence-corrected chi connectivity index (χ2v) is 3.52. The van der Waals surface area contributed by atoms with E-state index < -0.39 is 6.04 Å². The van der Waals surface area contributed by atoms with Gasteiger partial charge in [-0.25, -0.2) is 0 Å². The lowest BCUT2D eigenvalue weighted by Crippen LogP contribution is -2.45. The molecule has 15 heavy (non-hydrogen) atoms. The molecule has 0 fully saturated rings. The quantitative estimate of drug-likeness (QED) is 0.431. The van der Waals surface area contributed by atoms with E-state index in [1.807, 2.05) is 13.8 Å². The zero-order valence-corrected chi connectivity index (χ0v) is 9.49. The summed E-state index contributed by atoms with van der Waals surface area (Å²) in [5.74, 6) is -0.101. The van der Waals surface area contributed by atoms with Crippen LogP contribution in [0.2, 0.25) is 0 Å². The molecular formula is C10H22N2O3. The van der Waals surface area contributed by atoms with Gasteiger partial charge in [-0.15, -0.1) is 0 Å². The van der Waals surface area contributed by atoms with Gasteiger partial charge in [0.05, 0.1) is 25.8 Å². The first-order valence-electron chi connectivity index (χ1n) is 5.42.